The summed E-state index contributed by atoms with van der Waals surface area (Å²) in [5.74, 6) is -0.105. The number of amidine groups is 1. The van der Waals surface area contributed by atoms with Crippen LogP contribution in [-0.2, 0) is 0 Å². The monoisotopic (exact) mass is 264 g/mol. The van der Waals surface area contributed by atoms with E-state index in [1.807, 2.05) is 7.05 Å². The van der Waals surface area contributed by atoms with Crippen molar-refractivity contribution in [2.75, 3.05) is 26.7 Å². The standard InChI is InChI=1S/C13H20N4O2/c1-3-17(2)9-8-15-13(18)11-6-4-10(5-7-11)12(14)16-19/h4-7,19H,3,8-9H2,1-2H3,(H2,14,16)(H,15,18). The zero-order valence-corrected chi connectivity index (χ0v) is 11.3. The van der Waals surface area contributed by atoms with Gasteiger partial charge in [0.2, 0.25) is 0 Å². The lowest BCUT2D eigenvalue weighted by molar-refractivity contribution is 0.0950. The molecule has 0 aliphatic carbocycles. The van der Waals surface area contributed by atoms with E-state index < -0.39 is 0 Å². The molecule has 4 N–H and O–H groups in total. The number of benzene rings is 1. The van der Waals surface area contributed by atoms with Gasteiger partial charge in [-0.25, -0.2) is 0 Å². The Labute approximate surface area is 112 Å². The topological polar surface area (TPSA) is 91.0 Å². The lowest BCUT2D eigenvalue weighted by atomic mass is 10.1. The van der Waals surface area contributed by atoms with Gasteiger partial charge in [0.15, 0.2) is 5.84 Å². The number of nitrogens with one attached hydrogen (secondary N) is 1. The van der Waals surface area contributed by atoms with Crippen molar-refractivity contribution in [3.05, 3.63) is 35.4 Å². The SMILES string of the molecule is CCN(C)CCNC(=O)c1ccc(C(N)=NO)cc1. The van der Waals surface area contributed by atoms with Crippen molar-refractivity contribution in [1.82, 2.24) is 10.2 Å². The molecule has 0 heterocycles. The number of nitrogens with two attached hydrogens (primary N) is 1. The van der Waals surface area contributed by atoms with Gasteiger partial charge in [0, 0.05) is 24.2 Å². The number of hydrogen-bond donors (Lipinski definition) is 3. The van der Waals surface area contributed by atoms with Gasteiger partial charge in [-0.2, -0.15) is 0 Å². The van der Waals surface area contributed by atoms with Crippen LogP contribution < -0.4 is 11.1 Å². The molecule has 1 aromatic carbocycles. The summed E-state index contributed by atoms with van der Waals surface area (Å²) in [6, 6.07) is 6.57. The fourth-order valence-electron chi connectivity index (χ4n) is 1.47. The van der Waals surface area contributed by atoms with Crippen LogP contribution in [0.15, 0.2) is 29.4 Å². The van der Waals surface area contributed by atoms with Crippen molar-refractivity contribution in [3.8, 4) is 0 Å². The number of nitrogens with zero attached hydrogens (tertiary/aromatic N) is 2. The van der Waals surface area contributed by atoms with Gasteiger partial charge in [-0.3, -0.25) is 4.79 Å². The summed E-state index contributed by atoms with van der Waals surface area (Å²) in [5.41, 5.74) is 6.57. The van der Waals surface area contributed by atoms with E-state index in [4.69, 9.17) is 10.9 Å². The van der Waals surface area contributed by atoms with Gasteiger partial charge < -0.3 is 21.2 Å². The molecule has 0 aromatic heterocycles. The fourth-order valence-corrected chi connectivity index (χ4v) is 1.47. The molecule has 6 nitrogen and oxygen atoms in total. The molecule has 0 bridgehead atoms. The van der Waals surface area contributed by atoms with Crippen molar-refractivity contribution in [2.24, 2.45) is 10.9 Å². The maximum atomic E-state index is 11.8. The predicted octanol–water partition coefficient (Wildman–Crippen LogP) is 0.463. The molecule has 0 radical (unpaired) electrons. The van der Waals surface area contributed by atoms with Crippen LogP contribution >= 0.6 is 0 Å². The van der Waals surface area contributed by atoms with E-state index in [9.17, 15) is 4.79 Å². The van der Waals surface area contributed by atoms with Crippen molar-refractivity contribution >= 4 is 11.7 Å². The van der Waals surface area contributed by atoms with Crippen LogP contribution in [0.25, 0.3) is 0 Å². The predicted molar refractivity (Wildman–Crippen MR) is 74.5 cm³/mol. The maximum absolute atomic E-state index is 11.8. The van der Waals surface area contributed by atoms with Gasteiger partial charge in [0.25, 0.3) is 5.91 Å². The van der Waals surface area contributed by atoms with Crippen LogP contribution in [0.2, 0.25) is 0 Å². The van der Waals surface area contributed by atoms with Crippen LogP contribution in [0.1, 0.15) is 22.8 Å². The molecule has 19 heavy (non-hydrogen) atoms. The smallest absolute Gasteiger partial charge is 0.251 e. The van der Waals surface area contributed by atoms with E-state index in [0.29, 0.717) is 17.7 Å². The molecule has 0 unspecified atom stereocenters. The van der Waals surface area contributed by atoms with E-state index in [2.05, 4.69) is 22.3 Å². The molecule has 0 spiro atoms. The Morgan fingerprint density at radius 1 is 1.37 bits per heavy atom. The minimum Gasteiger partial charge on any atom is -0.409 e. The van der Waals surface area contributed by atoms with Crippen molar-refractivity contribution < 1.29 is 10.0 Å². The average molecular weight is 264 g/mol. The number of likely N-dealkylation sites (N-methyl/N-ethyl adjacent to an activating group) is 1. The first kappa shape index (κ1) is 15.0. The van der Waals surface area contributed by atoms with E-state index in [-0.39, 0.29) is 11.7 Å². The number of carbonyl (C=O) groups excluding carboxylic acids is 1. The second kappa shape index (κ2) is 7.38. The third-order valence-electron chi connectivity index (χ3n) is 2.87. The fraction of sp³-hybridized carbons (Fsp3) is 0.385. The number of oxime groups is 1. The first-order chi connectivity index (χ1) is 9.08. The third-order valence-corrected chi connectivity index (χ3v) is 2.87. The highest BCUT2D eigenvalue weighted by atomic mass is 16.4. The quantitative estimate of drug-likeness (QED) is 0.301. The molecule has 1 amide bonds. The number of carbonyl (C=O) groups is 1. The molecule has 0 aliphatic rings. The molecule has 0 atom stereocenters. The molecule has 1 aromatic rings. The van der Waals surface area contributed by atoms with Crippen LogP contribution in [0.5, 0.6) is 0 Å². The zero-order chi connectivity index (χ0) is 14.3. The molecule has 0 saturated carbocycles. The molecular weight excluding hydrogens is 244 g/mol. The number of amides is 1. The zero-order valence-electron chi connectivity index (χ0n) is 11.3. The molecule has 0 aliphatic heterocycles. The molecule has 0 fully saturated rings. The van der Waals surface area contributed by atoms with E-state index in [1.165, 1.54) is 0 Å². The Kier molecular flexibility index (Phi) is 5.81. The second-order valence-corrected chi connectivity index (χ2v) is 4.21. The summed E-state index contributed by atoms with van der Waals surface area (Å²) < 4.78 is 0. The molecule has 0 saturated heterocycles. The second-order valence-electron chi connectivity index (χ2n) is 4.21. The van der Waals surface area contributed by atoms with Gasteiger partial charge in [0.05, 0.1) is 0 Å². The Morgan fingerprint density at radius 2 is 1.95 bits per heavy atom. The number of rotatable bonds is 6. The minimum atomic E-state index is -0.129. The maximum Gasteiger partial charge on any atom is 0.251 e. The first-order valence-corrected chi connectivity index (χ1v) is 6.13. The van der Waals surface area contributed by atoms with E-state index in [1.54, 1.807) is 24.3 Å². The normalized spacial score (nSPS) is 11.6. The summed E-state index contributed by atoms with van der Waals surface area (Å²) in [7, 11) is 2.00. The van der Waals surface area contributed by atoms with Gasteiger partial charge in [0.1, 0.15) is 0 Å². The van der Waals surface area contributed by atoms with Crippen molar-refractivity contribution in [3.63, 3.8) is 0 Å². The van der Waals surface area contributed by atoms with E-state index in [0.717, 1.165) is 13.1 Å². The van der Waals surface area contributed by atoms with Crippen LogP contribution in [-0.4, -0.2) is 48.5 Å². The highest BCUT2D eigenvalue weighted by molar-refractivity contribution is 5.99. The van der Waals surface area contributed by atoms with Gasteiger partial charge in [-0.15, -0.1) is 0 Å². The Balaban J connectivity index is 2.54. The summed E-state index contributed by atoms with van der Waals surface area (Å²) in [6.45, 7) is 4.42. The highest BCUT2D eigenvalue weighted by Gasteiger charge is 2.06. The lowest BCUT2D eigenvalue weighted by Gasteiger charge is -2.14. The average Bonchev–Trinajstić information content (AvgIpc) is 2.46. The third kappa shape index (κ3) is 4.59. The summed E-state index contributed by atoms with van der Waals surface area (Å²) >= 11 is 0. The van der Waals surface area contributed by atoms with Crippen molar-refractivity contribution in [1.29, 1.82) is 0 Å². The van der Waals surface area contributed by atoms with Gasteiger partial charge in [-0.05, 0) is 25.7 Å². The van der Waals surface area contributed by atoms with Crippen LogP contribution in [0.4, 0.5) is 0 Å². The summed E-state index contributed by atoms with van der Waals surface area (Å²) in [6.07, 6.45) is 0. The lowest BCUT2D eigenvalue weighted by Crippen LogP contribution is -2.32. The van der Waals surface area contributed by atoms with Crippen molar-refractivity contribution in [2.45, 2.75) is 6.92 Å². The summed E-state index contributed by atoms with van der Waals surface area (Å²) in [4.78, 5) is 13.9. The van der Waals surface area contributed by atoms with Crippen LogP contribution in [0, 0.1) is 0 Å². The van der Waals surface area contributed by atoms with Crippen LogP contribution in [0.3, 0.4) is 0 Å². The highest BCUT2D eigenvalue weighted by Crippen LogP contribution is 2.04. The van der Waals surface area contributed by atoms with Gasteiger partial charge in [-0.1, -0.05) is 24.2 Å². The number of hydrogen-bond acceptors (Lipinski definition) is 4. The Bertz CT molecular complexity index is 442. The van der Waals surface area contributed by atoms with E-state index >= 15 is 0 Å². The van der Waals surface area contributed by atoms with Gasteiger partial charge >= 0.3 is 0 Å². The first-order valence-electron chi connectivity index (χ1n) is 6.13. The largest absolute Gasteiger partial charge is 0.409 e. The Hall–Kier alpha value is -2.08. The minimum absolute atomic E-state index is 0.0246. The molecular formula is C13H20N4O2. The molecule has 6 heteroatoms. The molecule has 1 rings (SSSR count). The Morgan fingerprint density at radius 3 is 2.47 bits per heavy atom. The molecule has 104 valence electrons. The summed E-state index contributed by atoms with van der Waals surface area (Å²) in [5, 5.41) is 14.3.